The van der Waals surface area contributed by atoms with Crippen molar-refractivity contribution in [1.82, 2.24) is 14.4 Å². The lowest BCUT2D eigenvalue weighted by Crippen LogP contribution is -2.48. The molecule has 2 aromatic carbocycles. The molecule has 2 aromatic heterocycles. The molecule has 1 aliphatic carbocycles. The summed E-state index contributed by atoms with van der Waals surface area (Å²) in [4.78, 5) is 9.06. The number of allylic oxidation sites excluding steroid dienone is 1. The molecule has 1 atom stereocenters. The third kappa shape index (κ3) is 4.06. The summed E-state index contributed by atoms with van der Waals surface area (Å²) < 4.78 is 69.0. The van der Waals surface area contributed by atoms with Crippen molar-refractivity contribution >= 4 is 16.9 Å². The first-order valence-electron chi connectivity index (χ1n) is 11.6. The van der Waals surface area contributed by atoms with Crippen LogP contribution in [0.25, 0.3) is 22.3 Å². The van der Waals surface area contributed by atoms with E-state index < -0.39 is 29.3 Å². The highest BCUT2D eigenvalue weighted by Crippen LogP contribution is 2.50. The van der Waals surface area contributed by atoms with Crippen molar-refractivity contribution in [3.8, 4) is 28.5 Å². The second-order valence-corrected chi connectivity index (χ2v) is 9.08. The molecule has 0 amide bonds. The molecule has 12 heteroatoms. The summed E-state index contributed by atoms with van der Waals surface area (Å²) in [5.41, 5.74) is 8.46. The highest BCUT2D eigenvalue weighted by Gasteiger charge is 2.48. The van der Waals surface area contributed by atoms with E-state index in [0.29, 0.717) is 41.9 Å². The summed E-state index contributed by atoms with van der Waals surface area (Å²) in [7, 11) is 0. The summed E-state index contributed by atoms with van der Waals surface area (Å²) in [6.07, 6.45) is 0.296. The van der Waals surface area contributed by atoms with Crippen molar-refractivity contribution in [1.29, 1.82) is 0 Å². The van der Waals surface area contributed by atoms with Crippen molar-refractivity contribution in [2.45, 2.75) is 31.2 Å². The second kappa shape index (κ2) is 8.62. The van der Waals surface area contributed by atoms with E-state index in [1.165, 1.54) is 24.3 Å². The van der Waals surface area contributed by atoms with Gasteiger partial charge >= 0.3 is 6.36 Å². The minimum Gasteiger partial charge on any atom is -0.488 e. The fourth-order valence-corrected chi connectivity index (χ4v) is 4.81. The molecule has 0 radical (unpaired) electrons. The first-order valence-corrected chi connectivity index (χ1v) is 11.6. The largest absolute Gasteiger partial charge is 0.573 e. The van der Waals surface area contributed by atoms with Gasteiger partial charge in [0.05, 0.1) is 6.61 Å². The first-order chi connectivity index (χ1) is 18.2. The molecule has 7 rings (SSSR count). The number of hydrogen-bond acceptors (Lipinski definition) is 7. The molecule has 3 N–H and O–H groups in total. The zero-order chi connectivity index (χ0) is 26.7. The number of nitrogens with two attached hydrogens (primary N) is 1. The van der Waals surface area contributed by atoms with Crippen molar-refractivity contribution in [2.75, 3.05) is 12.3 Å². The van der Waals surface area contributed by atoms with E-state index in [1.807, 2.05) is 4.40 Å². The number of ether oxygens (including phenoxy) is 3. The molecule has 4 heterocycles. The molecule has 4 aromatic rings. The number of anilines is 1. The Hall–Kier alpha value is -4.32. The smallest absolute Gasteiger partial charge is 0.488 e. The maximum absolute atomic E-state index is 14.5. The molecular formula is C26H20F4N4O4. The zero-order valence-corrected chi connectivity index (χ0v) is 19.6. The number of benzene rings is 2. The summed E-state index contributed by atoms with van der Waals surface area (Å²) in [5.74, 6) is -0.777. The number of aliphatic hydroxyl groups is 1. The number of rotatable bonds is 6. The van der Waals surface area contributed by atoms with Crippen LogP contribution in [-0.4, -0.2) is 38.0 Å². The van der Waals surface area contributed by atoms with Crippen LogP contribution in [0.3, 0.4) is 0 Å². The Morgan fingerprint density at radius 3 is 2.53 bits per heavy atom. The van der Waals surface area contributed by atoms with Crippen molar-refractivity contribution in [2.24, 2.45) is 0 Å². The number of hydrogen-bond donors (Lipinski definition) is 2. The Kier molecular flexibility index (Phi) is 5.45. The van der Waals surface area contributed by atoms with Gasteiger partial charge in [0.25, 0.3) is 0 Å². The Morgan fingerprint density at radius 2 is 1.87 bits per heavy atom. The Labute approximate surface area is 212 Å². The number of nitrogen functional groups attached to an aromatic ring is 1. The van der Waals surface area contributed by atoms with Crippen LogP contribution in [0.1, 0.15) is 25.1 Å². The van der Waals surface area contributed by atoms with Crippen molar-refractivity contribution < 1.29 is 36.9 Å². The molecular weight excluding hydrogens is 508 g/mol. The molecule has 196 valence electrons. The molecule has 8 nitrogen and oxygen atoms in total. The molecule has 2 bridgehead atoms. The Balaban J connectivity index is 1.32. The molecule has 1 saturated heterocycles. The summed E-state index contributed by atoms with van der Waals surface area (Å²) in [6, 6.07) is 9.68. The number of imidazole rings is 1. The number of alkyl halides is 3. The van der Waals surface area contributed by atoms with E-state index in [2.05, 4.69) is 9.72 Å². The van der Waals surface area contributed by atoms with E-state index in [9.17, 15) is 22.7 Å². The van der Waals surface area contributed by atoms with Gasteiger partial charge in [-0.1, -0.05) is 6.07 Å². The molecule has 3 aliphatic rings. The number of aromatic nitrogens is 3. The number of nitrogens with zero attached hydrogens (tertiary/aromatic N) is 3. The lowest BCUT2D eigenvalue weighted by atomic mass is 9.79. The average Bonchev–Trinajstić information content (AvgIpc) is 3.26. The van der Waals surface area contributed by atoms with Gasteiger partial charge < -0.3 is 25.1 Å². The number of fused-ring (bicyclic) bond motifs is 3. The highest BCUT2D eigenvalue weighted by atomic mass is 19.4. The van der Waals surface area contributed by atoms with Gasteiger partial charge in [0, 0.05) is 30.0 Å². The van der Waals surface area contributed by atoms with Gasteiger partial charge in [-0.2, -0.15) is 4.39 Å². The quantitative estimate of drug-likeness (QED) is 0.320. The first kappa shape index (κ1) is 24.0. The van der Waals surface area contributed by atoms with Crippen molar-refractivity contribution in [3.05, 3.63) is 72.3 Å². The standard InChI is InChI=1S/C26H20F4N4O4/c27-20-17(2-1-3-18(20)38-26(28,29)30)36-15-6-4-14(5-7-15)21-22-23(31)32-10-11-34(22)24(33-21)16-8-9-25(13-35)12-19(16)37-25/h1-7,10-11,35H,8-9,12-13H2,(H2,31,32). The van der Waals surface area contributed by atoms with Gasteiger partial charge in [0.1, 0.15) is 40.0 Å². The topological polar surface area (TPSA) is 104 Å². The van der Waals surface area contributed by atoms with Crippen LogP contribution in [0.5, 0.6) is 17.2 Å². The Bertz CT molecular complexity index is 1570. The highest BCUT2D eigenvalue weighted by molar-refractivity contribution is 5.87. The van der Waals surface area contributed by atoms with Crippen LogP contribution in [-0.2, 0) is 4.74 Å². The summed E-state index contributed by atoms with van der Waals surface area (Å²) in [5, 5.41) is 9.62. The van der Waals surface area contributed by atoms with Crippen LogP contribution >= 0.6 is 0 Å². The summed E-state index contributed by atoms with van der Waals surface area (Å²) in [6.45, 7) is -0.0355. The van der Waals surface area contributed by atoms with Crippen LogP contribution in [0.4, 0.5) is 23.4 Å². The third-order valence-corrected chi connectivity index (χ3v) is 6.64. The Morgan fingerprint density at radius 1 is 1.13 bits per heavy atom. The number of aliphatic hydroxyl groups excluding tert-OH is 1. The van der Waals surface area contributed by atoms with Crippen LogP contribution in [0, 0.1) is 5.82 Å². The van der Waals surface area contributed by atoms with E-state index in [-0.39, 0.29) is 18.2 Å². The van der Waals surface area contributed by atoms with Gasteiger partial charge in [-0.3, -0.25) is 4.40 Å². The van der Waals surface area contributed by atoms with Crippen LogP contribution in [0.2, 0.25) is 0 Å². The SMILES string of the molecule is Nc1nccn2c(C3=C4CC(CO)(CC3)O4)nc(-c3ccc(Oc4cccc(OC(F)(F)F)c4F)cc3)c12. The third-order valence-electron chi connectivity index (χ3n) is 6.64. The fourth-order valence-electron chi connectivity index (χ4n) is 4.81. The van der Waals surface area contributed by atoms with Gasteiger partial charge in [-0.25, -0.2) is 9.97 Å². The van der Waals surface area contributed by atoms with Gasteiger partial charge in [-0.15, -0.1) is 13.2 Å². The predicted octanol–water partition coefficient (Wildman–Crippen LogP) is 5.46. The minimum absolute atomic E-state index is 0.0355. The van der Waals surface area contributed by atoms with Crippen LogP contribution < -0.4 is 15.2 Å². The minimum atomic E-state index is -5.04. The maximum Gasteiger partial charge on any atom is 0.573 e. The van der Waals surface area contributed by atoms with Gasteiger partial charge in [0.2, 0.25) is 5.82 Å². The fraction of sp³-hybridized carbons (Fsp3) is 0.231. The van der Waals surface area contributed by atoms with E-state index in [0.717, 1.165) is 17.4 Å². The van der Waals surface area contributed by atoms with E-state index in [1.54, 1.807) is 24.5 Å². The van der Waals surface area contributed by atoms with Gasteiger partial charge in [-0.05, 0) is 49.2 Å². The monoisotopic (exact) mass is 528 g/mol. The molecule has 1 fully saturated rings. The molecule has 38 heavy (non-hydrogen) atoms. The van der Waals surface area contributed by atoms with Gasteiger partial charge in [0.15, 0.2) is 11.5 Å². The lowest BCUT2D eigenvalue weighted by molar-refractivity contribution is -0.275. The normalized spacial score (nSPS) is 18.8. The van der Waals surface area contributed by atoms with Crippen molar-refractivity contribution in [3.63, 3.8) is 0 Å². The molecule has 2 aliphatic heterocycles. The molecule has 0 saturated carbocycles. The van der Waals surface area contributed by atoms with E-state index >= 15 is 0 Å². The molecule has 1 unspecified atom stereocenters. The lowest BCUT2D eigenvalue weighted by Gasteiger charge is -2.48. The predicted molar refractivity (Wildman–Crippen MR) is 128 cm³/mol. The number of halogens is 4. The zero-order valence-electron chi connectivity index (χ0n) is 19.6. The molecule has 0 spiro atoms. The van der Waals surface area contributed by atoms with E-state index in [4.69, 9.17) is 20.2 Å². The second-order valence-electron chi connectivity index (χ2n) is 9.08. The van der Waals surface area contributed by atoms with Crippen LogP contribution in [0.15, 0.2) is 60.6 Å². The maximum atomic E-state index is 14.5. The average molecular weight is 528 g/mol. The summed E-state index contributed by atoms with van der Waals surface area (Å²) >= 11 is 0.